The van der Waals surface area contributed by atoms with Crippen LogP contribution in [0.2, 0.25) is 0 Å². The summed E-state index contributed by atoms with van der Waals surface area (Å²) in [6.45, 7) is 0. The molecule has 88 valence electrons. The lowest BCUT2D eigenvalue weighted by Crippen LogP contribution is -2.06. The van der Waals surface area contributed by atoms with E-state index >= 15 is 0 Å². The Morgan fingerprint density at radius 3 is 2.22 bits per heavy atom. The Labute approximate surface area is 110 Å². The SMILES string of the molecule is N#Cc1ccc(OC(=S)c2ccc(O)cc2)cc1. The van der Waals surface area contributed by atoms with Crippen LogP contribution >= 0.6 is 12.2 Å². The van der Waals surface area contributed by atoms with E-state index in [1.807, 2.05) is 6.07 Å². The first-order valence-corrected chi connectivity index (χ1v) is 5.61. The topological polar surface area (TPSA) is 53.2 Å². The number of nitrogens with zero attached hydrogens (tertiary/aromatic N) is 1. The Bertz CT molecular complexity index is 597. The highest BCUT2D eigenvalue weighted by Crippen LogP contribution is 2.16. The van der Waals surface area contributed by atoms with Crippen molar-refractivity contribution in [3.05, 3.63) is 59.7 Å². The van der Waals surface area contributed by atoms with Gasteiger partial charge in [-0.3, -0.25) is 0 Å². The van der Waals surface area contributed by atoms with Gasteiger partial charge < -0.3 is 9.84 Å². The van der Waals surface area contributed by atoms with Gasteiger partial charge in [-0.05, 0) is 60.7 Å². The van der Waals surface area contributed by atoms with Crippen LogP contribution in [0.1, 0.15) is 11.1 Å². The number of aromatic hydroxyl groups is 1. The normalized spacial score (nSPS) is 9.50. The van der Waals surface area contributed by atoms with Gasteiger partial charge in [0.05, 0.1) is 11.6 Å². The van der Waals surface area contributed by atoms with Crippen molar-refractivity contribution in [2.45, 2.75) is 0 Å². The van der Waals surface area contributed by atoms with Crippen molar-refractivity contribution in [1.29, 1.82) is 5.26 Å². The lowest BCUT2D eigenvalue weighted by atomic mass is 10.2. The van der Waals surface area contributed by atoms with Gasteiger partial charge in [0.25, 0.3) is 0 Å². The van der Waals surface area contributed by atoms with Gasteiger partial charge in [-0.15, -0.1) is 0 Å². The number of phenols is 1. The second kappa shape index (κ2) is 5.30. The van der Waals surface area contributed by atoms with Crippen molar-refractivity contribution in [3.8, 4) is 17.6 Å². The maximum absolute atomic E-state index is 9.17. The summed E-state index contributed by atoms with van der Waals surface area (Å²) in [6, 6.07) is 15.2. The van der Waals surface area contributed by atoms with Crippen molar-refractivity contribution >= 4 is 17.3 Å². The zero-order chi connectivity index (χ0) is 13.0. The average molecular weight is 255 g/mol. The van der Waals surface area contributed by atoms with Crippen LogP contribution < -0.4 is 4.74 Å². The predicted octanol–water partition coefficient (Wildman–Crippen LogP) is 3.02. The second-order valence-electron chi connectivity index (χ2n) is 3.57. The van der Waals surface area contributed by atoms with Crippen LogP contribution in [0.3, 0.4) is 0 Å². The number of phenolic OH excluding ortho intramolecular Hbond substituents is 1. The molecule has 0 spiro atoms. The van der Waals surface area contributed by atoms with Gasteiger partial charge in [0.1, 0.15) is 11.5 Å². The number of nitriles is 1. The van der Waals surface area contributed by atoms with Crippen LogP contribution in [0.4, 0.5) is 0 Å². The number of hydrogen-bond acceptors (Lipinski definition) is 4. The third-order valence-electron chi connectivity index (χ3n) is 2.30. The van der Waals surface area contributed by atoms with E-state index in [1.54, 1.807) is 48.5 Å². The smallest absolute Gasteiger partial charge is 0.198 e. The molecule has 1 N–H and O–H groups in total. The molecule has 0 amide bonds. The maximum Gasteiger partial charge on any atom is 0.198 e. The van der Waals surface area contributed by atoms with Gasteiger partial charge in [0, 0.05) is 5.56 Å². The fraction of sp³-hybridized carbons (Fsp3) is 0. The minimum Gasteiger partial charge on any atom is -0.508 e. The largest absolute Gasteiger partial charge is 0.508 e. The van der Waals surface area contributed by atoms with E-state index in [4.69, 9.17) is 22.2 Å². The van der Waals surface area contributed by atoms with Crippen molar-refractivity contribution in [1.82, 2.24) is 0 Å². The fourth-order valence-electron chi connectivity index (χ4n) is 1.36. The Morgan fingerprint density at radius 1 is 1.06 bits per heavy atom. The number of hydrogen-bond donors (Lipinski definition) is 1. The van der Waals surface area contributed by atoms with Gasteiger partial charge in [-0.2, -0.15) is 5.26 Å². The van der Waals surface area contributed by atoms with Crippen LogP contribution in [0.15, 0.2) is 48.5 Å². The number of ether oxygens (including phenoxy) is 1. The molecule has 2 aromatic carbocycles. The van der Waals surface area contributed by atoms with E-state index in [0.29, 0.717) is 21.9 Å². The van der Waals surface area contributed by atoms with Gasteiger partial charge in [-0.1, -0.05) is 0 Å². The van der Waals surface area contributed by atoms with E-state index in [1.165, 1.54) is 0 Å². The maximum atomic E-state index is 9.17. The molecule has 0 saturated carbocycles. The quantitative estimate of drug-likeness (QED) is 0.838. The molecule has 0 atom stereocenters. The van der Waals surface area contributed by atoms with Gasteiger partial charge >= 0.3 is 0 Å². The summed E-state index contributed by atoms with van der Waals surface area (Å²) < 4.78 is 5.48. The molecule has 0 aliphatic heterocycles. The molecule has 0 saturated heterocycles. The molecule has 0 aromatic heterocycles. The molecule has 0 heterocycles. The molecule has 0 radical (unpaired) electrons. The standard InChI is InChI=1S/C14H9NO2S/c15-9-10-1-7-13(8-2-10)17-14(18)11-3-5-12(16)6-4-11/h1-8,16H. The zero-order valence-electron chi connectivity index (χ0n) is 9.33. The summed E-state index contributed by atoms with van der Waals surface area (Å²) in [4.78, 5) is 0. The third-order valence-corrected chi connectivity index (χ3v) is 2.62. The van der Waals surface area contributed by atoms with Crippen molar-refractivity contribution in [2.75, 3.05) is 0 Å². The molecule has 0 fully saturated rings. The molecule has 0 aliphatic carbocycles. The molecule has 0 unspecified atom stereocenters. The van der Waals surface area contributed by atoms with E-state index in [0.717, 1.165) is 0 Å². The molecule has 4 heteroatoms. The monoisotopic (exact) mass is 255 g/mol. The predicted molar refractivity (Wildman–Crippen MR) is 71.6 cm³/mol. The second-order valence-corrected chi connectivity index (χ2v) is 3.94. The van der Waals surface area contributed by atoms with Gasteiger partial charge in [0.15, 0.2) is 5.05 Å². The van der Waals surface area contributed by atoms with E-state index in [9.17, 15) is 5.11 Å². The highest BCUT2D eigenvalue weighted by atomic mass is 32.1. The summed E-state index contributed by atoms with van der Waals surface area (Å²) in [5, 5.41) is 18.2. The minimum atomic E-state index is 0.180. The molecule has 2 rings (SSSR count). The Morgan fingerprint density at radius 2 is 1.67 bits per heavy atom. The summed E-state index contributed by atoms with van der Waals surface area (Å²) >= 11 is 5.14. The molecule has 0 bridgehead atoms. The van der Waals surface area contributed by atoms with Crippen LogP contribution in [-0.2, 0) is 0 Å². The third kappa shape index (κ3) is 2.84. The summed E-state index contributed by atoms with van der Waals surface area (Å²) in [5.41, 5.74) is 1.28. The fourth-order valence-corrected chi connectivity index (χ4v) is 1.59. The van der Waals surface area contributed by atoms with Crippen LogP contribution in [-0.4, -0.2) is 10.2 Å². The van der Waals surface area contributed by atoms with Crippen molar-refractivity contribution < 1.29 is 9.84 Å². The van der Waals surface area contributed by atoms with Crippen molar-refractivity contribution in [2.24, 2.45) is 0 Å². The summed E-state index contributed by atoms with van der Waals surface area (Å²) in [6.07, 6.45) is 0. The number of benzene rings is 2. The molecule has 3 nitrogen and oxygen atoms in total. The highest BCUT2D eigenvalue weighted by molar-refractivity contribution is 7.80. The summed E-state index contributed by atoms with van der Waals surface area (Å²) in [5.74, 6) is 0.756. The Kier molecular flexibility index (Phi) is 3.56. The Balaban J connectivity index is 2.11. The number of thiocarbonyl (C=S) groups is 1. The molecule has 18 heavy (non-hydrogen) atoms. The average Bonchev–Trinajstić information content (AvgIpc) is 2.40. The van der Waals surface area contributed by atoms with E-state index in [2.05, 4.69) is 0 Å². The lowest BCUT2D eigenvalue weighted by molar-refractivity contribution is 0.475. The van der Waals surface area contributed by atoms with Crippen LogP contribution in [0.25, 0.3) is 0 Å². The molecular weight excluding hydrogens is 246 g/mol. The first-order valence-electron chi connectivity index (χ1n) is 5.20. The van der Waals surface area contributed by atoms with E-state index < -0.39 is 0 Å². The van der Waals surface area contributed by atoms with Crippen molar-refractivity contribution in [3.63, 3.8) is 0 Å². The van der Waals surface area contributed by atoms with Gasteiger partial charge in [-0.25, -0.2) is 0 Å². The van der Waals surface area contributed by atoms with Gasteiger partial charge in [0.2, 0.25) is 0 Å². The minimum absolute atomic E-state index is 0.180. The first kappa shape index (κ1) is 12.1. The van der Waals surface area contributed by atoms with E-state index in [-0.39, 0.29) is 5.75 Å². The summed E-state index contributed by atoms with van der Waals surface area (Å²) in [7, 11) is 0. The molecule has 2 aromatic rings. The Hall–Kier alpha value is -2.38. The number of rotatable bonds is 2. The van der Waals surface area contributed by atoms with Crippen LogP contribution in [0.5, 0.6) is 11.5 Å². The lowest BCUT2D eigenvalue weighted by Gasteiger charge is -2.07. The molecule has 0 aliphatic rings. The first-order chi connectivity index (χ1) is 8.69. The zero-order valence-corrected chi connectivity index (χ0v) is 10.1. The highest BCUT2D eigenvalue weighted by Gasteiger charge is 2.04. The molecular formula is C14H9NO2S. The van der Waals surface area contributed by atoms with Crippen LogP contribution in [0, 0.1) is 11.3 Å².